The van der Waals surface area contributed by atoms with Crippen LogP contribution in [0.25, 0.3) is 11.1 Å². The summed E-state index contributed by atoms with van der Waals surface area (Å²) in [5.41, 5.74) is 3.91. The Kier molecular flexibility index (Phi) is 3.24. The zero-order valence-corrected chi connectivity index (χ0v) is 9.94. The van der Waals surface area contributed by atoms with Gasteiger partial charge in [0.15, 0.2) is 0 Å². The lowest BCUT2D eigenvalue weighted by molar-refractivity contribution is 0.112. The Morgan fingerprint density at radius 2 is 1.76 bits per heavy atom. The molecule has 86 valence electrons. The van der Waals surface area contributed by atoms with Gasteiger partial charge in [-0.15, -0.1) is 0 Å². The van der Waals surface area contributed by atoms with E-state index in [1.807, 2.05) is 49.4 Å². The van der Waals surface area contributed by atoms with Gasteiger partial charge in [0, 0.05) is 5.56 Å². The number of ether oxygens (including phenoxy) is 1. The van der Waals surface area contributed by atoms with Crippen LogP contribution in [0.3, 0.4) is 0 Å². The van der Waals surface area contributed by atoms with E-state index in [1.165, 1.54) is 0 Å². The largest absolute Gasteiger partial charge is 0.497 e. The van der Waals surface area contributed by atoms with Crippen LogP contribution in [0, 0.1) is 6.92 Å². The minimum absolute atomic E-state index is 0.735. The second kappa shape index (κ2) is 4.83. The standard InChI is InChI=1S/C15H14O2/c1-11-13(10-16)4-3-5-15(11)12-6-8-14(17-2)9-7-12/h3-10H,1-2H3. The van der Waals surface area contributed by atoms with Gasteiger partial charge in [0.2, 0.25) is 0 Å². The highest BCUT2D eigenvalue weighted by atomic mass is 16.5. The van der Waals surface area contributed by atoms with Crippen molar-refractivity contribution in [3.05, 3.63) is 53.6 Å². The van der Waals surface area contributed by atoms with Gasteiger partial charge < -0.3 is 4.74 Å². The van der Waals surface area contributed by atoms with Gasteiger partial charge in [-0.2, -0.15) is 0 Å². The van der Waals surface area contributed by atoms with E-state index < -0.39 is 0 Å². The van der Waals surface area contributed by atoms with Crippen molar-refractivity contribution in [3.8, 4) is 16.9 Å². The van der Waals surface area contributed by atoms with Crippen molar-refractivity contribution in [1.29, 1.82) is 0 Å². The molecule has 0 atom stereocenters. The smallest absolute Gasteiger partial charge is 0.150 e. The summed E-state index contributed by atoms with van der Waals surface area (Å²) in [7, 11) is 1.65. The molecule has 0 aliphatic rings. The Morgan fingerprint density at radius 1 is 1.06 bits per heavy atom. The third-order valence-corrected chi connectivity index (χ3v) is 2.90. The summed E-state index contributed by atoms with van der Waals surface area (Å²) in [6.45, 7) is 1.96. The predicted molar refractivity (Wildman–Crippen MR) is 68.6 cm³/mol. The highest BCUT2D eigenvalue weighted by Crippen LogP contribution is 2.26. The molecule has 2 nitrogen and oxygen atoms in total. The van der Waals surface area contributed by atoms with Crippen molar-refractivity contribution >= 4 is 6.29 Å². The molecular weight excluding hydrogens is 212 g/mol. The van der Waals surface area contributed by atoms with E-state index >= 15 is 0 Å². The average Bonchev–Trinajstić information content (AvgIpc) is 2.39. The third-order valence-electron chi connectivity index (χ3n) is 2.90. The van der Waals surface area contributed by atoms with Gasteiger partial charge in [-0.1, -0.05) is 30.3 Å². The van der Waals surface area contributed by atoms with E-state index in [2.05, 4.69) is 0 Å². The summed E-state index contributed by atoms with van der Waals surface area (Å²) in [4.78, 5) is 10.9. The molecule has 17 heavy (non-hydrogen) atoms. The van der Waals surface area contributed by atoms with Gasteiger partial charge in [0.1, 0.15) is 12.0 Å². The lowest BCUT2D eigenvalue weighted by Crippen LogP contribution is -1.90. The molecule has 0 aliphatic heterocycles. The van der Waals surface area contributed by atoms with Gasteiger partial charge in [-0.3, -0.25) is 4.79 Å². The molecule has 0 aliphatic carbocycles. The number of carbonyl (C=O) groups excluding carboxylic acids is 1. The monoisotopic (exact) mass is 226 g/mol. The molecule has 0 unspecified atom stereocenters. The number of hydrogen-bond donors (Lipinski definition) is 0. The second-order valence-corrected chi connectivity index (χ2v) is 3.87. The quantitative estimate of drug-likeness (QED) is 0.749. The fraction of sp³-hybridized carbons (Fsp3) is 0.133. The number of aldehydes is 1. The van der Waals surface area contributed by atoms with Gasteiger partial charge in [-0.25, -0.2) is 0 Å². The molecule has 0 saturated heterocycles. The Hall–Kier alpha value is -2.09. The third kappa shape index (κ3) is 2.21. The number of carbonyl (C=O) groups is 1. The summed E-state index contributed by atoms with van der Waals surface area (Å²) in [5.74, 6) is 0.831. The molecule has 0 aromatic heterocycles. The molecule has 0 amide bonds. The van der Waals surface area contributed by atoms with E-state index in [1.54, 1.807) is 7.11 Å². The van der Waals surface area contributed by atoms with Crippen LogP contribution < -0.4 is 4.74 Å². The zero-order valence-electron chi connectivity index (χ0n) is 9.94. The van der Waals surface area contributed by atoms with Crippen molar-refractivity contribution in [3.63, 3.8) is 0 Å². The van der Waals surface area contributed by atoms with Crippen LogP contribution in [0.1, 0.15) is 15.9 Å². The van der Waals surface area contributed by atoms with Crippen LogP contribution in [-0.2, 0) is 0 Å². The zero-order chi connectivity index (χ0) is 12.3. The van der Waals surface area contributed by atoms with Crippen molar-refractivity contribution in [2.45, 2.75) is 6.92 Å². The molecule has 2 heteroatoms. The Balaban J connectivity index is 2.48. The van der Waals surface area contributed by atoms with Crippen LogP contribution in [-0.4, -0.2) is 13.4 Å². The first-order valence-corrected chi connectivity index (χ1v) is 5.45. The topological polar surface area (TPSA) is 26.3 Å². The van der Waals surface area contributed by atoms with Crippen molar-refractivity contribution in [2.75, 3.05) is 7.11 Å². The van der Waals surface area contributed by atoms with Gasteiger partial charge in [0.25, 0.3) is 0 Å². The number of benzene rings is 2. The van der Waals surface area contributed by atoms with Gasteiger partial charge in [-0.05, 0) is 35.7 Å². The summed E-state index contributed by atoms with van der Waals surface area (Å²) >= 11 is 0. The second-order valence-electron chi connectivity index (χ2n) is 3.87. The molecule has 0 spiro atoms. The van der Waals surface area contributed by atoms with Crippen LogP contribution in [0.4, 0.5) is 0 Å². The molecular formula is C15H14O2. The van der Waals surface area contributed by atoms with Crippen LogP contribution >= 0.6 is 0 Å². The molecule has 2 aromatic rings. The molecule has 2 rings (SSSR count). The highest BCUT2D eigenvalue weighted by Gasteiger charge is 2.05. The SMILES string of the molecule is COc1ccc(-c2cccc(C=O)c2C)cc1. The number of rotatable bonds is 3. The Labute approximate surface area is 101 Å². The predicted octanol–water partition coefficient (Wildman–Crippen LogP) is 3.48. The lowest BCUT2D eigenvalue weighted by atomic mass is 9.97. The fourth-order valence-corrected chi connectivity index (χ4v) is 1.86. The van der Waals surface area contributed by atoms with Crippen molar-refractivity contribution < 1.29 is 9.53 Å². The maximum absolute atomic E-state index is 10.9. The molecule has 0 saturated carbocycles. The first kappa shape index (κ1) is 11.4. The molecule has 0 radical (unpaired) electrons. The summed E-state index contributed by atoms with van der Waals surface area (Å²) in [6, 6.07) is 13.6. The van der Waals surface area contributed by atoms with E-state index in [4.69, 9.17) is 4.74 Å². The van der Waals surface area contributed by atoms with Crippen LogP contribution in [0.15, 0.2) is 42.5 Å². The Bertz CT molecular complexity index is 527. The lowest BCUT2D eigenvalue weighted by Gasteiger charge is -2.08. The van der Waals surface area contributed by atoms with Crippen molar-refractivity contribution in [1.82, 2.24) is 0 Å². The van der Waals surface area contributed by atoms with E-state index in [-0.39, 0.29) is 0 Å². The summed E-state index contributed by atoms with van der Waals surface area (Å²) < 4.78 is 5.12. The maximum Gasteiger partial charge on any atom is 0.150 e. The van der Waals surface area contributed by atoms with Crippen LogP contribution in [0.2, 0.25) is 0 Å². The molecule has 0 bridgehead atoms. The van der Waals surface area contributed by atoms with E-state index in [9.17, 15) is 4.79 Å². The molecule has 0 heterocycles. The number of hydrogen-bond acceptors (Lipinski definition) is 2. The first-order valence-electron chi connectivity index (χ1n) is 5.45. The molecule has 2 aromatic carbocycles. The molecule has 0 N–H and O–H groups in total. The average molecular weight is 226 g/mol. The van der Waals surface area contributed by atoms with Crippen LogP contribution in [0.5, 0.6) is 5.75 Å². The summed E-state index contributed by atoms with van der Waals surface area (Å²) in [5, 5.41) is 0. The van der Waals surface area contributed by atoms with Crippen molar-refractivity contribution in [2.24, 2.45) is 0 Å². The van der Waals surface area contributed by atoms with E-state index in [0.29, 0.717) is 0 Å². The van der Waals surface area contributed by atoms with Gasteiger partial charge in [0.05, 0.1) is 7.11 Å². The minimum Gasteiger partial charge on any atom is -0.497 e. The normalized spacial score (nSPS) is 10.0. The Morgan fingerprint density at radius 3 is 2.35 bits per heavy atom. The molecule has 0 fully saturated rings. The summed E-state index contributed by atoms with van der Waals surface area (Å²) in [6.07, 6.45) is 0.891. The van der Waals surface area contributed by atoms with Gasteiger partial charge >= 0.3 is 0 Å². The van der Waals surface area contributed by atoms with E-state index in [0.717, 1.165) is 34.3 Å². The first-order chi connectivity index (χ1) is 8.26. The number of methoxy groups -OCH3 is 1. The maximum atomic E-state index is 10.9. The highest BCUT2D eigenvalue weighted by molar-refractivity contribution is 5.82. The fourth-order valence-electron chi connectivity index (χ4n) is 1.86. The minimum atomic E-state index is 0.735.